The fourth-order valence-electron chi connectivity index (χ4n) is 3.78. The molecule has 4 rings (SSSR count). The molecule has 1 aliphatic rings. The van der Waals surface area contributed by atoms with E-state index in [2.05, 4.69) is 39.7 Å². The number of benzene rings is 1. The third-order valence-electron chi connectivity index (χ3n) is 5.40. The van der Waals surface area contributed by atoms with Crippen LogP contribution in [0.5, 0.6) is 0 Å². The lowest BCUT2D eigenvalue weighted by Crippen LogP contribution is -2.39. The van der Waals surface area contributed by atoms with Crippen LogP contribution in [0.15, 0.2) is 35.1 Å². The number of anilines is 1. The maximum absolute atomic E-state index is 12.3. The van der Waals surface area contributed by atoms with Gasteiger partial charge in [-0.1, -0.05) is 26.0 Å². The predicted molar refractivity (Wildman–Crippen MR) is 113 cm³/mol. The zero-order chi connectivity index (χ0) is 20.4. The number of ether oxygens (including phenoxy) is 1. The molecule has 8 heteroatoms. The van der Waals surface area contributed by atoms with Gasteiger partial charge in [-0.15, -0.1) is 0 Å². The number of para-hydroxylation sites is 2. The first-order chi connectivity index (χ1) is 14.0. The highest BCUT2D eigenvalue weighted by Gasteiger charge is 2.21. The maximum Gasteiger partial charge on any atom is 0.252 e. The fraction of sp³-hybridized carbons (Fsp3) is 0.476. The molecule has 0 spiro atoms. The molecule has 8 nitrogen and oxygen atoms in total. The molecule has 3 heterocycles. The number of nitrogens with one attached hydrogen (secondary N) is 2. The molecule has 1 saturated heterocycles. The van der Waals surface area contributed by atoms with Gasteiger partial charge in [0.1, 0.15) is 5.82 Å². The first-order valence-electron chi connectivity index (χ1n) is 10.1. The molecule has 29 heavy (non-hydrogen) atoms. The van der Waals surface area contributed by atoms with Crippen LogP contribution >= 0.6 is 0 Å². The minimum atomic E-state index is -0.133. The van der Waals surface area contributed by atoms with Gasteiger partial charge in [0, 0.05) is 26.2 Å². The molecular weight excluding hydrogens is 368 g/mol. The summed E-state index contributed by atoms with van der Waals surface area (Å²) in [6, 6.07) is 9.64. The molecule has 3 aromatic rings. The van der Waals surface area contributed by atoms with Crippen LogP contribution in [0, 0.1) is 5.92 Å². The Kier molecular flexibility index (Phi) is 5.64. The molecule has 1 fully saturated rings. The van der Waals surface area contributed by atoms with Crippen LogP contribution in [0.1, 0.15) is 31.4 Å². The zero-order valence-corrected chi connectivity index (χ0v) is 17.2. The third-order valence-corrected chi connectivity index (χ3v) is 5.40. The molecular formula is C21H28N6O2. The fourth-order valence-corrected chi connectivity index (χ4v) is 3.78. The molecule has 0 aliphatic carbocycles. The van der Waals surface area contributed by atoms with E-state index in [0.717, 1.165) is 35.6 Å². The van der Waals surface area contributed by atoms with E-state index in [4.69, 9.17) is 14.7 Å². The Morgan fingerprint density at radius 2 is 1.97 bits per heavy atom. The number of H-pyrrole nitrogens is 1. The van der Waals surface area contributed by atoms with Crippen molar-refractivity contribution in [1.82, 2.24) is 24.8 Å². The number of aromatic amines is 1. The van der Waals surface area contributed by atoms with Crippen molar-refractivity contribution in [1.29, 1.82) is 0 Å². The number of morpholine rings is 1. The number of rotatable bonds is 6. The summed E-state index contributed by atoms with van der Waals surface area (Å²) in [5.41, 5.74) is 2.71. The molecule has 0 saturated carbocycles. The van der Waals surface area contributed by atoms with Crippen molar-refractivity contribution in [3.8, 4) is 0 Å². The maximum atomic E-state index is 12.3. The van der Waals surface area contributed by atoms with Gasteiger partial charge >= 0.3 is 0 Å². The van der Waals surface area contributed by atoms with Crippen LogP contribution in [-0.4, -0.2) is 45.8 Å². The number of nitrogens with zero attached hydrogens (tertiary/aromatic N) is 4. The molecule has 1 aliphatic heterocycles. The first kappa shape index (κ1) is 19.6. The van der Waals surface area contributed by atoms with Crippen molar-refractivity contribution in [3.05, 3.63) is 52.2 Å². The summed E-state index contributed by atoms with van der Waals surface area (Å²) in [5.74, 6) is 1.83. The van der Waals surface area contributed by atoms with Crippen LogP contribution in [0.2, 0.25) is 0 Å². The molecule has 1 aromatic carbocycles. The Hall–Kier alpha value is -2.71. The van der Waals surface area contributed by atoms with Crippen molar-refractivity contribution in [2.45, 2.75) is 26.4 Å². The van der Waals surface area contributed by atoms with Gasteiger partial charge in [-0.2, -0.15) is 0 Å². The van der Waals surface area contributed by atoms with E-state index in [9.17, 15) is 4.79 Å². The molecule has 0 radical (unpaired) electrons. The highest BCUT2D eigenvalue weighted by molar-refractivity contribution is 5.75. The SMILES string of the molecule is CC(C)[C@@H](NCc1nc2ccccc2n1C)c1cc(=O)[nH]c(N2CCOCC2)n1. The van der Waals surface area contributed by atoms with Crippen LogP contribution in [0.3, 0.4) is 0 Å². The summed E-state index contributed by atoms with van der Waals surface area (Å²) in [6.07, 6.45) is 0. The second-order valence-corrected chi connectivity index (χ2v) is 7.77. The van der Waals surface area contributed by atoms with E-state index in [0.29, 0.717) is 25.7 Å². The van der Waals surface area contributed by atoms with Gasteiger partial charge in [0.25, 0.3) is 5.56 Å². The number of fused-ring (bicyclic) bond motifs is 1. The summed E-state index contributed by atoms with van der Waals surface area (Å²) >= 11 is 0. The van der Waals surface area contributed by atoms with Crippen molar-refractivity contribution < 1.29 is 4.74 Å². The average Bonchev–Trinajstić information content (AvgIpc) is 3.04. The van der Waals surface area contributed by atoms with Gasteiger partial charge in [-0.3, -0.25) is 9.78 Å². The number of hydrogen-bond donors (Lipinski definition) is 2. The first-order valence-corrected chi connectivity index (χ1v) is 10.1. The highest BCUT2D eigenvalue weighted by atomic mass is 16.5. The largest absolute Gasteiger partial charge is 0.378 e. The summed E-state index contributed by atoms with van der Waals surface area (Å²) in [7, 11) is 2.03. The van der Waals surface area contributed by atoms with Gasteiger partial charge in [0.2, 0.25) is 5.95 Å². The Bertz CT molecular complexity index is 1040. The summed E-state index contributed by atoms with van der Waals surface area (Å²) < 4.78 is 7.51. The van der Waals surface area contributed by atoms with E-state index < -0.39 is 0 Å². The minimum absolute atomic E-state index is 0.0584. The van der Waals surface area contributed by atoms with E-state index in [1.807, 2.05) is 25.2 Å². The van der Waals surface area contributed by atoms with Gasteiger partial charge in [-0.25, -0.2) is 9.97 Å². The lowest BCUT2D eigenvalue weighted by Gasteiger charge is -2.28. The van der Waals surface area contributed by atoms with E-state index in [1.165, 1.54) is 0 Å². The van der Waals surface area contributed by atoms with Crippen LogP contribution in [0.4, 0.5) is 5.95 Å². The van der Waals surface area contributed by atoms with Gasteiger partial charge in [0.15, 0.2) is 0 Å². The monoisotopic (exact) mass is 396 g/mol. The Balaban J connectivity index is 1.58. The molecule has 0 unspecified atom stereocenters. The second-order valence-electron chi connectivity index (χ2n) is 7.77. The summed E-state index contributed by atoms with van der Waals surface area (Å²) in [6.45, 7) is 7.60. The van der Waals surface area contributed by atoms with Crippen molar-refractivity contribution >= 4 is 17.0 Å². The van der Waals surface area contributed by atoms with Crippen molar-refractivity contribution in [2.24, 2.45) is 13.0 Å². The van der Waals surface area contributed by atoms with Gasteiger partial charge in [-0.05, 0) is 18.1 Å². The summed E-state index contributed by atoms with van der Waals surface area (Å²) in [4.78, 5) is 26.8. The molecule has 0 bridgehead atoms. The Labute approximate surface area is 169 Å². The molecule has 2 N–H and O–H groups in total. The molecule has 154 valence electrons. The number of imidazole rings is 1. The van der Waals surface area contributed by atoms with E-state index in [1.54, 1.807) is 6.07 Å². The van der Waals surface area contributed by atoms with E-state index >= 15 is 0 Å². The lowest BCUT2D eigenvalue weighted by atomic mass is 10.0. The topological polar surface area (TPSA) is 88.1 Å². The van der Waals surface area contributed by atoms with E-state index in [-0.39, 0.29) is 17.5 Å². The second kappa shape index (κ2) is 8.34. The van der Waals surface area contributed by atoms with Crippen LogP contribution in [0.25, 0.3) is 11.0 Å². The quantitative estimate of drug-likeness (QED) is 0.662. The summed E-state index contributed by atoms with van der Waals surface area (Å²) in [5, 5.41) is 3.57. The van der Waals surface area contributed by atoms with Crippen molar-refractivity contribution in [3.63, 3.8) is 0 Å². The Morgan fingerprint density at radius 1 is 1.21 bits per heavy atom. The smallest absolute Gasteiger partial charge is 0.252 e. The van der Waals surface area contributed by atoms with Gasteiger partial charge < -0.3 is 19.5 Å². The predicted octanol–water partition coefficient (Wildman–Crippen LogP) is 1.98. The number of aryl methyl sites for hydroxylation is 1. The van der Waals surface area contributed by atoms with Crippen molar-refractivity contribution in [2.75, 3.05) is 31.2 Å². The highest BCUT2D eigenvalue weighted by Crippen LogP contribution is 2.22. The van der Waals surface area contributed by atoms with Crippen LogP contribution < -0.4 is 15.8 Å². The molecule has 1 atom stereocenters. The Morgan fingerprint density at radius 3 is 2.69 bits per heavy atom. The van der Waals surface area contributed by atoms with Gasteiger partial charge in [0.05, 0.1) is 42.5 Å². The third kappa shape index (κ3) is 4.18. The average molecular weight is 396 g/mol. The lowest BCUT2D eigenvalue weighted by molar-refractivity contribution is 0.122. The number of aromatic nitrogens is 4. The normalized spacial score (nSPS) is 15.9. The molecule has 0 amide bonds. The standard InChI is InChI=1S/C21H28N6O2/c1-14(2)20(22-13-18-23-15-6-4-5-7-17(15)26(18)3)16-12-19(28)25-21(24-16)27-8-10-29-11-9-27/h4-7,12,14,20,22H,8-11,13H2,1-3H3,(H,24,25,28)/t20-/m1/s1. The number of hydrogen-bond acceptors (Lipinski definition) is 6. The van der Waals surface area contributed by atoms with Crippen LogP contribution in [-0.2, 0) is 18.3 Å². The molecule has 2 aromatic heterocycles. The zero-order valence-electron chi connectivity index (χ0n) is 17.2. The minimum Gasteiger partial charge on any atom is -0.378 e.